The maximum Gasteiger partial charge on any atom is 0.123 e. The molecule has 0 aliphatic carbocycles. The van der Waals surface area contributed by atoms with Crippen LogP contribution in [0.1, 0.15) is 0 Å². The molecule has 2 aromatic rings. The number of hydrogen-bond acceptors (Lipinski definition) is 4. The monoisotopic (exact) mass is 235 g/mol. The summed E-state index contributed by atoms with van der Waals surface area (Å²) < 4.78 is 10.4. The third-order valence-electron chi connectivity index (χ3n) is 2.09. The predicted octanol–water partition coefficient (Wildman–Crippen LogP) is 2.84. The van der Waals surface area contributed by atoms with Crippen molar-refractivity contribution in [3.8, 4) is 16.3 Å². The van der Waals surface area contributed by atoms with Crippen LogP contribution in [-0.2, 0) is 4.74 Å². The van der Waals surface area contributed by atoms with E-state index in [0.29, 0.717) is 13.2 Å². The summed E-state index contributed by atoms with van der Waals surface area (Å²) in [5.74, 6) is 0.859. The Labute approximate surface area is 98.7 Å². The van der Waals surface area contributed by atoms with Gasteiger partial charge in [-0.15, -0.1) is 11.3 Å². The smallest absolute Gasteiger partial charge is 0.123 e. The number of nitrogens with zero attached hydrogens (tertiary/aromatic N) is 1. The number of aromatic nitrogens is 1. The van der Waals surface area contributed by atoms with Crippen LogP contribution in [0.5, 0.6) is 5.75 Å². The summed E-state index contributed by atoms with van der Waals surface area (Å²) in [6.45, 7) is 1.18. The van der Waals surface area contributed by atoms with Crippen LogP contribution in [0.4, 0.5) is 0 Å². The molecule has 0 fully saturated rings. The van der Waals surface area contributed by atoms with E-state index in [2.05, 4.69) is 4.98 Å². The Kier molecular flexibility index (Phi) is 3.91. The first-order valence-electron chi connectivity index (χ1n) is 5.02. The third-order valence-corrected chi connectivity index (χ3v) is 2.91. The summed E-state index contributed by atoms with van der Waals surface area (Å²) in [6.07, 6.45) is 1.81. The molecule has 16 heavy (non-hydrogen) atoms. The van der Waals surface area contributed by atoms with Gasteiger partial charge in [0, 0.05) is 24.3 Å². The molecule has 0 aliphatic heterocycles. The molecule has 0 atom stereocenters. The van der Waals surface area contributed by atoms with Crippen molar-refractivity contribution in [3.05, 3.63) is 35.8 Å². The zero-order chi connectivity index (χ0) is 11.2. The molecule has 0 saturated heterocycles. The van der Waals surface area contributed by atoms with E-state index in [1.165, 1.54) is 0 Å². The molecule has 0 spiro atoms. The van der Waals surface area contributed by atoms with Gasteiger partial charge in [0.1, 0.15) is 17.4 Å². The molecule has 4 heteroatoms. The SMILES string of the molecule is COCCOc1ccc(-c2nccs2)cc1. The van der Waals surface area contributed by atoms with Crippen molar-refractivity contribution >= 4 is 11.3 Å². The van der Waals surface area contributed by atoms with Gasteiger partial charge in [-0.1, -0.05) is 0 Å². The fraction of sp³-hybridized carbons (Fsp3) is 0.250. The van der Waals surface area contributed by atoms with Gasteiger partial charge in [0.2, 0.25) is 0 Å². The van der Waals surface area contributed by atoms with Crippen molar-refractivity contribution in [1.29, 1.82) is 0 Å². The molecule has 3 nitrogen and oxygen atoms in total. The van der Waals surface area contributed by atoms with E-state index in [4.69, 9.17) is 9.47 Å². The van der Waals surface area contributed by atoms with E-state index in [0.717, 1.165) is 16.3 Å². The minimum absolute atomic E-state index is 0.576. The molecular weight excluding hydrogens is 222 g/mol. The summed E-state index contributed by atoms with van der Waals surface area (Å²) in [4.78, 5) is 4.25. The van der Waals surface area contributed by atoms with Gasteiger partial charge >= 0.3 is 0 Å². The molecule has 0 N–H and O–H groups in total. The lowest BCUT2D eigenvalue weighted by molar-refractivity contribution is 0.146. The molecule has 0 aliphatic rings. The summed E-state index contributed by atoms with van der Waals surface area (Å²) >= 11 is 1.63. The second-order valence-corrected chi connectivity index (χ2v) is 4.10. The molecule has 0 amide bonds. The zero-order valence-corrected chi connectivity index (χ0v) is 9.87. The summed E-state index contributed by atoms with van der Waals surface area (Å²) in [5.41, 5.74) is 1.12. The second-order valence-electron chi connectivity index (χ2n) is 3.20. The molecule has 0 saturated carbocycles. The highest BCUT2D eigenvalue weighted by molar-refractivity contribution is 7.13. The third kappa shape index (κ3) is 2.81. The lowest BCUT2D eigenvalue weighted by Crippen LogP contribution is -2.03. The molecule has 1 heterocycles. The average Bonchev–Trinajstić information content (AvgIpc) is 2.84. The van der Waals surface area contributed by atoms with E-state index >= 15 is 0 Å². The molecule has 1 aromatic heterocycles. The lowest BCUT2D eigenvalue weighted by atomic mass is 10.2. The van der Waals surface area contributed by atoms with Crippen molar-refractivity contribution in [2.24, 2.45) is 0 Å². The number of ether oxygens (including phenoxy) is 2. The van der Waals surface area contributed by atoms with Gasteiger partial charge in [-0.05, 0) is 24.3 Å². The number of thiazole rings is 1. The molecule has 0 radical (unpaired) electrons. The topological polar surface area (TPSA) is 31.4 Å². The molecule has 1 aromatic carbocycles. The van der Waals surface area contributed by atoms with Crippen molar-refractivity contribution in [1.82, 2.24) is 4.98 Å². The van der Waals surface area contributed by atoms with E-state index in [1.54, 1.807) is 18.4 Å². The fourth-order valence-corrected chi connectivity index (χ4v) is 1.95. The lowest BCUT2D eigenvalue weighted by Gasteiger charge is -2.05. The second kappa shape index (κ2) is 5.63. The van der Waals surface area contributed by atoms with Gasteiger partial charge in [-0.25, -0.2) is 4.98 Å². The molecular formula is C12H13NO2S. The quantitative estimate of drug-likeness (QED) is 0.747. The first-order valence-corrected chi connectivity index (χ1v) is 5.90. The van der Waals surface area contributed by atoms with E-state index in [1.807, 2.05) is 35.8 Å². The maximum absolute atomic E-state index is 5.48. The molecule has 0 unspecified atom stereocenters. The Hall–Kier alpha value is -1.39. The van der Waals surface area contributed by atoms with Crippen molar-refractivity contribution < 1.29 is 9.47 Å². The van der Waals surface area contributed by atoms with Crippen molar-refractivity contribution in [2.45, 2.75) is 0 Å². The highest BCUT2D eigenvalue weighted by Crippen LogP contribution is 2.23. The largest absolute Gasteiger partial charge is 0.491 e. The van der Waals surface area contributed by atoms with Crippen LogP contribution in [0.3, 0.4) is 0 Å². The van der Waals surface area contributed by atoms with Gasteiger partial charge < -0.3 is 9.47 Å². The van der Waals surface area contributed by atoms with Crippen LogP contribution in [0.25, 0.3) is 10.6 Å². The fourth-order valence-electron chi connectivity index (χ4n) is 1.30. The highest BCUT2D eigenvalue weighted by Gasteiger charge is 2.00. The highest BCUT2D eigenvalue weighted by atomic mass is 32.1. The summed E-state index contributed by atoms with van der Waals surface area (Å²) in [7, 11) is 1.66. The van der Waals surface area contributed by atoms with E-state index in [-0.39, 0.29) is 0 Å². The van der Waals surface area contributed by atoms with Gasteiger partial charge in [-0.2, -0.15) is 0 Å². The van der Waals surface area contributed by atoms with E-state index < -0.39 is 0 Å². The number of methoxy groups -OCH3 is 1. The Morgan fingerprint density at radius 2 is 2.00 bits per heavy atom. The maximum atomic E-state index is 5.48. The Morgan fingerprint density at radius 3 is 2.62 bits per heavy atom. The standard InChI is InChI=1S/C12H13NO2S/c1-14-7-8-15-11-4-2-10(3-5-11)12-13-6-9-16-12/h2-6,9H,7-8H2,1H3. The van der Waals surface area contributed by atoms with Crippen LogP contribution in [0.2, 0.25) is 0 Å². The average molecular weight is 235 g/mol. The number of rotatable bonds is 5. The van der Waals surface area contributed by atoms with Crippen LogP contribution in [0, 0.1) is 0 Å². The summed E-state index contributed by atoms with van der Waals surface area (Å²) in [6, 6.07) is 7.93. The van der Waals surface area contributed by atoms with Gasteiger partial charge in [0.25, 0.3) is 0 Å². The van der Waals surface area contributed by atoms with Crippen LogP contribution < -0.4 is 4.74 Å². The minimum Gasteiger partial charge on any atom is -0.491 e. The predicted molar refractivity (Wildman–Crippen MR) is 64.9 cm³/mol. The van der Waals surface area contributed by atoms with Gasteiger partial charge in [0.15, 0.2) is 0 Å². The molecule has 2 rings (SSSR count). The minimum atomic E-state index is 0.576. The summed E-state index contributed by atoms with van der Waals surface area (Å²) in [5, 5.41) is 3.00. The number of hydrogen-bond donors (Lipinski definition) is 0. The Morgan fingerprint density at radius 1 is 1.19 bits per heavy atom. The van der Waals surface area contributed by atoms with Crippen molar-refractivity contribution in [2.75, 3.05) is 20.3 Å². The molecule has 0 bridgehead atoms. The Balaban J connectivity index is 2.00. The first kappa shape index (κ1) is 11.1. The Bertz CT molecular complexity index is 411. The first-order chi connectivity index (χ1) is 7.90. The molecule has 84 valence electrons. The van der Waals surface area contributed by atoms with Crippen molar-refractivity contribution in [3.63, 3.8) is 0 Å². The van der Waals surface area contributed by atoms with Gasteiger partial charge in [-0.3, -0.25) is 0 Å². The van der Waals surface area contributed by atoms with Crippen LogP contribution in [-0.4, -0.2) is 25.3 Å². The normalized spacial score (nSPS) is 10.3. The van der Waals surface area contributed by atoms with E-state index in [9.17, 15) is 0 Å². The zero-order valence-electron chi connectivity index (χ0n) is 9.05. The van der Waals surface area contributed by atoms with Crippen LogP contribution in [0.15, 0.2) is 35.8 Å². The van der Waals surface area contributed by atoms with Crippen LogP contribution >= 0.6 is 11.3 Å². The number of benzene rings is 1. The van der Waals surface area contributed by atoms with Gasteiger partial charge in [0.05, 0.1) is 6.61 Å².